The molecule has 1 aromatic carbocycles. The van der Waals surface area contributed by atoms with Gasteiger partial charge in [0.05, 0.1) is 5.69 Å². The highest BCUT2D eigenvalue weighted by atomic mass is 35.5. The number of benzene rings is 1. The average Bonchev–Trinajstić information content (AvgIpc) is 3.08. The van der Waals surface area contributed by atoms with Crippen molar-refractivity contribution in [3.05, 3.63) is 53.3 Å². The van der Waals surface area contributed by atoms with E-state index in [1.54, 1.807) is 18.3 Å². The normalized spacial score (nSPS) is 15.4. The van der Waals surface area contributed by atoms with E-state index in [0.717, 1.165) is 29.8 Å². The van der Waals surface area contributed by atoms with Crippen LogP contribution >= 0.6 is 11.6 Å². The molecule has 0 saturated heterocycles. The lowest BCUT2D eigenvalue weighted by molar-refractivity contribution is 0.437. The molecule has 6 heteroatoms. The molecule has 0 spiro atoms. The van der Waals surface area contributed by atoms with E-state index in [-0.39, 0.29) is 5.82 Å². The standard InChI is InChI=1S/C19H18ClFN4/c20-13-6-7-14(15(21)10-13)19-17(16-8-9-22-11-23-16)18(24-25-19)12-4-2-1-3-5-12/h6-12H,1-5H2,(H,24,25). The Labute approximate surface area is 150 Å². The Morgan fingerprint density at radius 1 is 1.12 bits per heavy atom. The van der Waals surface area contributed by atoms with Gasteiger partial charge in [0.25, 0.3) is 0 Å². The second kappa shape index (κ2) is 6.92. The molecule has 1 fully saturated rings. The first kappa shape index (κ1) is 16.2. The van der Waals surface area contributed by atoms with E-state index in [9.17, 15) is 4.39 Å². The third kappa shape index (κ3) is 3.16. The highest BCUT2D eigenvalue weighted by molar-refractivity contribution is 6.30. The van der Waals surface area contributed by atoms with E-state index < -0.39 is 0 Å². The molecule has 0 aliphatic heterocycles. The number of H-pyrrole nitrogens is 1. The molecule has 25 heavy (non-hydrogen) atoms. The number of rotatable bonds is 3. The van der Waals surface area contributed by atoms with E-state index in [2.05, 4.69) is 20.2 Å². The first-order chi connectivity index (χ1) is 12.2. The predicted molar refractivity (Wildman–Crippen MR) is 95.8 cm³/mol. The fourth-order valence-electron chi connectivity index (χ4n) is 3.62. The smallest absolute Gasteiger partial charge is 0.134 e. The minimum Gasteiger partial charge on any atom is -0.281 e. The van der Waals surface area contributed by atoms with Crippen molar-refractivity contribution in [1.29, 1.82) is 0 Å². The fraction of sp³-hybridized carbons (Fsp3) is 0.316. The molecule has 1 saturated carbocycles. The van der Waals surface area contributed by atoms with Crippen LogP contribution in [0.4, 0.5) is 4.39 Å². The summed E-state index contributed by atoms with van der Waals surface area (Å²) in [7, 11) is 0. The van der Waals surface area contributed by atoms with Crippen LogP contribution < -0.4 is 0 Å². The summed E-state index contributed by atoms with van der Waals surface area (Å²) in [6, 6.07) is 6.51. The van der Waals surface area contributed by atoms with Crippen molar-refractivity contribution in [3.8, 4) is 22.5 Å². The second-order valence-corrected chi connectivity index (χ2v) is 6.85. The van der Waals surface area contributed by atoms with E-state index in [1.807, 2.05) is 6.07 Å². The summed E-state index contributed by atoms with van der Waals surface area (Å²) in [6.07, 6.45) is 9.11. The van der Waals surface area contributed by atoms with E-state index in [1.165, 1.54) is 31.7 Å². The number of nitrogens with one attached hydrogen (secondary N) is 1. The van der Waals surface area contributed by atoms with Gasteiger partial charge in [-0.15, -0.1) is 0 Å². The van der Waals surface area contributed by atoms with Crippen molar-refractivity contribution < 1.29 is 4.39 Å². The van der Waals surface area contributed by atoms with Crippen LogP contribution in [-0.4, -0.2) is 20.2 Å². The largest absolute Gasteiger partial charge is 0.281 e. The van der Waals surface area contributed by atoms with Gasteiger partial charge < -0.3 is 0 Å². The lowest BCUT2D eigenvalue weighted by Crippen LogP contribution is -2.06. The maximum atomic E-state index is 14.5. The first-order valence-electron chi connectivity index (χ1n) is 8.54. The molecule has 0 radical (unpaired) electrons. The molecular weight excluding hydrogens is 339 g/mol. The van der Waals surface area contributed by atoms with Gasteiger partial charge in [-0.3, -0.25) is 5.10 Å². The summed E-state index contributed by atoms with van der Waals surface area (Å²) in [5.41, 5.74) is 3.68. The van der Waals surface area contributed by atoms with Crippen LogP contribution in [0.2, 0.25) is 5.02 Å². The lowest BCUT2D eigenvalue weighted by atomic mass is 9.84. The molecule has 1 aliphatic carbocycles. The maximum absolute atomic E-state index is 14.5. The van der Waals surface area contributed by atoms with Crippen LogP contribution in [0.15, 0.2) is 36.8 Å². The predicted octanol–water partition coefficient (Wildman–Crippen LogP) is 5.37. The second-order valence-electron chi connectivity index (χ2n) is 6.41. The molecular formula is C19H18ClFN4. The number of hydrogen-bond donors (Lipinski definition) is 1. The molecule has 0 unspecified atom stereocenters. The van der Waals surface area contributed by atoms with Gasteiger partial charge in [0.1, 0.15) is 17.8 Å². The average molecular weight is 357 g/mol. The molecule has 128 valence electrons. The zero-order chi connectivity index (χ0) is 17.2. The summed E-state index contributed by atoms with van der Waals surface area (Å²) in [5, 5.41) is 8.00. The fourth-order valence-corrected chi connectivity index (χ4v) is 3.78. The number of hydrogen-bond acceptors (Lipinski definition) is 3. The molecule has 4 rings (SSSR count). The van der Waals surface area contributed by atoms with Crippen LogP contribution in [0.3, 0.4) is 0 Å². The zero-order valence-corrected chi connectivity index (χ0v) is 14.4. The highest BCUT2D eigenvalue weighted by Gasteiger charge is 2.26. The summed E-state index contributed by atoms with van der Waals surface area (Å²) in [6.45, 7) is 0. The minimum absolute atomic E-state index is 0.368. The molecule has 3 aromatic rings. The van der Waals surface area contributed by atoms with Crippen molar-refractivity contribution in [1.82, 2.24) is 20.2 Å². The molecule has 4 nitrogen and oxygen atoms in total. The van der Waals surface area contributed by atoms with Gasteiger partial charge in [-0.2, -0.15) is 5.10 Å². The topological polar surface area (TPSA) is 54.5 Å². The van der Waals surface area contributed by atoms with Crippen molar-refractivity contribution in [3.63, 3.8) is 0 Å². The quantitative estimate of drug-likeness (QED) is 0.686. The van der Waals surface area contributed by atoms with Crippen molar-refractivity contribution in [2.75, 3.05) is 0 Å². The number of aromatic amines is 1. The van der Waals surface area contributed by atoms with Crippen LogP contribution in [0, 0.1) is 5.82 Å². The van der Waals surface area contributed by atoms with Gasteiger partial charge in [-0.1, -0.05) is 30.9 Å². The van der Waals surface area contributed by atoms with Crippen molar-refractivity contribution in [2.24, 2.45) is 0 Å². The number of halogens is 2. The highest BCUT2D eigenvalue weighted by Crippen LogP contribution is 2.41. The van der Waals surface area contributed by atoms with Gasteiger partial charge in [-0.25, -0.2) is 14.4 Å². The molecule has 2 aromatic heterocycles. The van der Waals surface area contributed by atoms with Crippen LogP contribution in [0.1, 0.15) is 43.7 Å². The van der Waals surface area contributed by atoms with E-state index >= 15 is 0 Å². The summed E-state index contributed by atoms with van der Waals surface area (Å²) in [4.78, 5) is 8.39. The zero-order valence-electron chi connectivity index (χ0n) is 13.7. The monoisotopic (exact) mass is 356 g/mol. The van der Waals surface area contributed by atoms with E-state index in [4.69, 9.17) is 11.6 Å². The summed E-state index contributed by atoms with van der Waals surface area (Å²) in [5.74, 6) is 0.0137. The third-order valence-electron chi connectivity index (χ3n) is 4.83. The number of aromatic nitrogens is 4. The molecule has 1 N–H and O–H groups in total. The van der Waals surface area contributed by atoms with Crippen LogP contribution in [0.25, 0.3) is 22.5 Å². The molecule has 0 atom stereocenters. The molecule has 0 amide bonds. The first-order valence-corrected chi connectivity index (χ1v) is 8.92. The van der Waals surface area contributed by atoms with Gasteiger partial charge in [0.2, 0.25) is 0 Å². The summed E-state index contributed by atoms with van der Waals surface area (Å²) >= 11 is 5.90. The Kier molecular flexibility index (Phi) is 4.49. The number of nitrogens with zero attached hydrogens (tertiary/aromatic N) is 3. The third-order valence-corrected chi connectivity index (χ3v) is 5.07. The van der Waals surface area contributed by atoms with Gasteiger partial charge >= 0.3 is 0 Å². The molecule has 1 aliphatic rings. The maximum Gasteiger partial charge on any atom is 0.134 e. The van der Waals surface area contributed by atoms with Gasteiger partial charge in [0.15, 0.2) is 0 Å². The lowest BCUT2D eigenvalue weighted by Gasteiger charge is -2.21. The Morgan fingerprint density at radius 3 is 2.68 bits per heavy atom. The minimum atomic E-state index is -0.385. The molecule has 2 heterocycles. The van der Waals surface area contributed by atoms with Crippen molar-refractivity contribution >= 4 is 11.6 Å². The SMILES string of the molecule is Fc1cc(Cl)ccc1-c1n[nH]c(C2CCCCC2)c1-c1ccncn1. The van der Waals surface area contributed by atoms with Gasteiger partial charge in [0, 0.05) is 34.0 Å². The van der Waals surface area contributed by atoms with E-state index in [0.29, 0.717) is 22.2 Å². The van der Waals surface area contributed by atoms with Crippen LogP contribution in [-0.2, 0) is 0 Å². The van der Waals surface area contributed by atoms with Crippen molar-refractivity contribution in [2.45, 2.75) is 38.0 Å². The van der Waals surface area contributed by atoms with Gasteiger partial charge in [-0.05, 0) is 37.1 Å². The molecule has 0 bridgehead atoms. The Morgan fingerprint density at radius 2 is 1.96 bits per heavy atom. The van der Waals surface area contributed by atoms with Crippen LogP contribution in [0.5, 0.6) is 0 Å². The Balaban J connectivity index is 1.88. The summed E-state index contributed by atoms with van der Waals surface area (Å²) < 4.78 is 14.5. The Hall–Kier alpha value is -2.27. The Bertz CT molecular complexity index is 872.